The number of carbonyl (C=O) groups excluding carboxylic acids is 2. The number of carbonyl (C=O) groups is 2. The summed E-state index contributed by atoms with van der Waals surface area (Å²) < 4.78 is 10.7. The lowest BCUT2D eigenvalue weighted by Gasteiger charge is -2.40. The Bertz CT molecular complexity index is 1110. The van der Waals surface area contributed by atoms with Crippen LogP contribution in [0.4, 0.5) is 5.69 Å². The standard InChI is InChI=1S/C25H27N3O4S/c1-4-32-24(30)21-16(2)26-25-28(14-7-15-33-25)22(21)17-10-12-18(13-11-17)27-23(29)19-8-5-6-9-20(19)31-3/h5-6,8-13,22H,4,7,14-15H2,1-3H3,(H,27,29). The van der Waals surface area contributed by atoms with Gasteiger partial charge >= 0.3 is 5.97 Å². The van der Waals surface area contributed by atoms with Crippen LogP contribution in [0.3, 0.4) is 0 Å². The lowest BCUT2D eigenvalue weighted by Crippen LogP contribution is -2.42. The predicted octanol–water partition coefficient (Wildman–Crippen LogP) is 4.63. The number of nitrogens with one attached hydrogen (secondary N) is 1. The maximum atomic E-state index is 12.8. The predicted molar refractivity (Wildman–Crippen MR) is 131 cm³/mol. The SMILES string of the molecule is CCOC(=O)C1=C(C)N=C2SCCCN2C1c1ccc(NC(=O)c2ccccc2OC)cc1. The van der Waals surface area contributed by atoms with Crippen molar-refractivity contribution in [2.75, 3.05) is 31.3 Å². The highest BCUT2D eigenvalue weighted by Crippen LogP contribution is 2.40. The molecule has 0 radical (unpaired) electrons. The molecule has 33 heavy (non-hydrogen) atoms. The van der Waals surface area contributed by atoms with Crippen LogP contribution in [0.2, 0.25) is 0 Å². The molecule has 1 atom stereocenters. The average molecular weight is 466 g/mol. The number of amidine groups is 1. The van der Waals surface area contributed by atoms with E-state index in [1.165, 1.54) is 7.11 Å². The van der Waals surface area contributed by atoms with E-state index in [0.717, 1.165) is 29.4 Å². The van der Waals surface area contributed by atoms with E-state index in [9.17, 15) is 9.59 Å². The Labute approximate surface area is 197 Å². The number of anilines is 1. The van der Waals surface area contributed by atoms with Crippen LogP contribution in [-0.4, -0.2) is 48.0 Å². The van der Waals surface area contributed by atoms with Crippen LogP contribution in [0.15, 0.2) is 64.8 Å². The zero-order valence-corrected chi connectivity index (χ0v) is 19.8. The molecule has 1 N–H and O–H groups in total. The van der Waals surface area contributed by atoms with Gasteiger partial charge in [-0.05, 0) is 50.1 Å². The molecule has 172 valence electrons. The van der Waals surface area contributed by atoms with Gasteiger partial charge in [-0.1, -0.05) is 36.0 Å². The van der Waals surface area contributed by atoms with E-state index in [1.54, 1.807) is 36.9 Å². The van der Waals surface area contributed by atoms with Crippen molar-refractivity contribution < 1.29 is 19.1 Å². The summed E-state index contributed by atoms with van der Waals surface area (Å²) in [6.07, 6.45) is 1.02. The Morgan fingerprint density at radius 1 is 1.18 bits per heavy atom. The van der Waals surface area contributed by atoms with Gasteiger partial charge in [0, 0.05) is 18.0 Å². The van der Waals surface area contributed by atoms with Gasteiger partial charge in [-0.15, -0.1) is 0 Å². The fourth-order valence-corrected chi connectivity index (χ4v) is 5.08. The second-order valence-electron chi connectivity index (χ2n) is 7.69. The third-order valence-electron chi connectivity index (χ3n) is 5.59. The Balaban J connectivity index is 1.61. The molecule has 1 saturated heterocycles. The first-order chi connectivity index (χ1) is 16.0. The summed E-state index contributed by atoms with van der Waals surface area (Å²) >= 11 is 1.71. The number of amides is 1. The fourth-order valence-electron chi connectivity index (χ4n) is 4.06. The van der Waals surface area contributed by atoms with Gasteiger partial charge in [0.25, 0.3) is 5.91 Å². The number of nitrogens with zero attached hydrogens (tertiary/aromatic N) is 2. The van der Waals surface area contributed by atoms with E-state index in [4.69, 9.17) is 9.47 Å². The molecule has 4 rings (SSSR count). The van der Waals surface area contributed by atoms with Crippen LogP contribution >= 0.6 is 11.8 Å². The van der Waals surface area contributed by atoms with Gasteiger partial charge in [-0.2, -0.15) is 0 Å². The van der Waals surface area contributed by atoms with Gasteiger partial charge in [0.05, 0.1) is 36.6 Å². The molecule has 7 nitrogen and oxygen atoms in total. The molecular weight excluding hydrogens is 438 g/mol. The highest BCUT2D eigenvalue weighted by atomic mass is 32.2. The molecule has 0 bridgehead atoms. The minimum absolute atomic E-state index is 0.248. The van der Waals surface area contributed by atoms with E-state index >= 15 is 0 Å². The minimum Gasteiger partial charge on any atom is -0.496 e. The summed E-state index contributed by atoms with van der Waals surface area (Å²) in [5.74, 6) is 0.940. The summed E-state index contributed by atoms with van der Waals surface area (Å²) in [5.41, 5.74) is 3.32. The lowest BCUT2D eigenvalue weighted by atomic mass is 9.94. The molecule has 2 aromatic rings. The molecule has 2 aliphatic rings. The topological polar surface area (TPSA) is 80.2 Å². The van der Waals surface area contributed by atoms with E-state index in [1.807, 2.05) is 37.3 Å². The molecule has 8 heteroatoms. The smallest absolute Gasteiger partial charge is 0.338 e. The first-order valence-electron chi connectivity index (χ1n) is 10.9. The zero-order chi connectivity index (χ0) is 23.4. The third-order valence-corrected chi connectivity index (χ3v) is 6.67. The lowest BCUT2D eigenvalue weighted by molar-refractivity contribution is -0.139. The molecule has 2 heterocycles. The van der Waals surface area contributed by atoms with Crippen molar-refractivity contribution in [3.05, 3.63) is 70.9 Å². The van der Waals surface area contributed by atoms with Crippen molar-refractivity contribution in [3.8, 4) is 5.75 Å². The number of hydrogen-bond acceptors (Lipinski definition) is 7. The summed E-state index contributed by atoms with van der Waals surface area (Å²) in [6.45, 7) is 4.79. The summed E-state index contributed by atoms with van der Waals surface area (Å²) in [6, 6.07) is 14.4. The maximum Gasteiger partial charge on any atom is 0.338 e. The number of para-hydroxylation sites is 1. The molecular formula is C25H27N3O4S. The van der Waals surface area contributed by atoms with Gasteiger partial charge in [0.1, 0.15) is 5.75 Å². The first kappa shape index (κ1) is 22.9. The van der Waals surface area contributed by atoms with Gasteiger partial charge < -0.3 is 19.7 Å². The number of benzene rings is 2. The Morgan fingerprint density at radius 2 is 1.94 bits per heavy atom. The van der Waals surface area contributed by atoms with Crippen LogP contribution in [0.5, 0.6) is 5.75 Å². The van der Waals surface area contributed by atoms with Crippen LogP contribution in [0.1, 0.15) is 42.2 Å². The largest absolute Gasteiger partial charge is 0.496 e. The molecule has 1 unspecified atom stereocenters. The second kappa shape index (κ2) is 10.1. The number of allylic oxidation sites excluding steroid dienone is 1. The second-order valence-corrected chi connectivity index (χ2v) is 8.75. The molecule has 1 fully saturated rings. The average Bonchev–Trinajstić information content (AvgIpc) is 2.83. The van der Waals surface area contributed by atoms with Crippen LogP contribution in [-0.2, 0) is 9.53 Å². The number of rotatable bonds is 6. The van der Waals surface area contributed by atoms with E-state index in [-0.39, 0.29) is 17.9 Å². The molecule has 0 saturated carbocycles. The van der Waals surface area contributed by atoms with Crippen molar-refractivity contribution >= 4 is 34.5 Å². The van der Waals surface area contributed by atoms with Crippen molar-refractivity contribution in [1.29, 1.82) is 0 Å². The maximum absolute atomic E-state index is 12.8. The van der Waals surface area contributed by atoms with Crippen molar-refractivity contribution in [2.24, 2.45) is 4.99 Å². The Kier molecular flexibility index (Phi) is 7.03. The number of methoxy groups -OCH3 is 1. The number of thioether (sulfide) groups is 1. The van der Waals surface area contributed by atoms with Crippen LogP contribution < -0.4 is 10.1 Å². The fraction of sp³-hybridized carbons (Fsp3) is 0.320. The summed E-state index contributed by atoms with van der Waals surface area (Å²) in [7, 11) is 1.54. The minimum atomic E-state index is -0.341. The number of ether oxygens (including phenoxy) is 2. The molecule has 0 spiro atoms. The molecule has 0 aromatic heterocycles. The number of fused-ring (bicyclic) bond motifs is 1. The summed E-state index contributed by atoms with van der Waals surface area (Å²) in [5, 5.41) is 3.85. The van der Waals surface area contributed by atoms with Crippen LogP contribution in [0, 0.1) is 0 Å². The Hall–Kier alpha value is -3.26. The normalized spacial score (nSPS) is 17.7. The third kappa shape index (κ3) is 4.75. The molecule has 1 amide bonds. The number of aliphatic imine (C=N–C) groups is 1. The van der Waals surface area contributed by atoms with E-state index < -0.39 is 0 Å². The van der Waals surface area contributed by atoms with Gasteiger partial charge in [0.15, 0.2) is 5.17 Å². The van der Waals surface area contributed by atoms with Crippen molar-refractivity contribution in [3.63, 3.8) is 0 Å². The number of esters is 1. The molecule has 0 aliphatic carbocycles. The Morgan fingerprint density at radius 3 is 2.67 bits per heavy atom. The molecule has 2 aromatic carbocycles. The van der Waals surface area contributed by atoms with Crippen LogP contribution in [0.25, 0.3) is 0 Å². The van der Waals surface area contributed by atoms with Crippen molar-refractivity contribution in [2.45, 2.75) is 26.3 Å². The zero-order valence-electron chi connectivity index (χ0n) is 19.0. The number of hydrogen-bond donors (Lipinski definition) is 1. The van der Waals surface area contributed by atoms with Crippen molar-refractivity contribution in [1.82, 2.24) is 4.90 Å². The quantitative estimate of drug-likeness (QED) is 0.627. The monoisotopic (exact) mass is 465 g/mol. The van der Waals surface area contributed by atoms with E-state index in [0.29, 0.717) is 34.9 Å². The summed E-state index contributed by atoms with van der Waals surface area (Å²) in [4.78, 5) is 32.4. The highest BCUT2D eigenvalue weighted by Gasteiger charge is 2.37. The highest BCUT2D eigenvalue weighted by molar-refractivity contribution is 8.13. The van der Waals surface area contributed by atoms with Gasteiger partial charge in [0.2, 0.25) is 0 Å². The first-order valence-corrected chi connectivity index (χ1v) is 11.9. The van der Waals surface area contributed by atoms with E-state index in [2.05, 4.69) is 15.2 Å². The molecule has 2 aliphatic heterocycles. The van der Waals surface area contributed by atoms with Gasteiger partial charge in [-0.25, -0.2) is 9.79 Å². The van der Waals surface area contributed by atoms with Gasteiger partial charge in [-0.3, -0.25) is 4.79 Å².